The molecule has 0 radical (unpaired) electrons. The lowest BCUT2D eigenvalue weighted by Gasteiger charge is -2.14. The summed E-state index contributed by atoms with van der Waals surface area (Å²) in [6.45, 7) is -0.117. The Morgan fingerprint density at radius 3 is 2.80 bits per heavy atom. The average Bonchev–Trinajstić information content (AvgIpc) is 2.82. The number of ether oxygens (including phenoxy) is 2. The van der Waals surface area contributed by atoms with Crippen LogP contribution in [0.5, 0.6) is 0 Å². The molecule has 0 aliphatic rings. The van der Waals surface area contributed by atoms with Gasteiger partial charge in [-0.2, -0.15) is 5.10 Å². The Labute approximate surface area is 116 Å². The van der Waals surface area contributed by atoms with Gasteiger partial charge >= 0.3 is 5.97 Å². The number of rotatable bonds is 9. The molecule has 0 aliphatic carbocycles. The minimum atomic E-state index is -3.76. The summed E-state index contributed by atoms with van der Waals surface area (Å²) in [4.78, 5) is 10.4. The fraction of sp³-hybridized carbons (Fsp3) is 0.600. The molecule has 0 spiro atoms. The number of carbonyl (C=O) groups is 1. The van der Waals surface area contributed by atoms with Crippen LogP contribution in [0.1, 0.15) is 0 Å². The average molecular weight is 307 g/mol. The van der Waals surface area contributed by atoms with E-state index in [0.29, 0.717) is 0 Å². The van der Waals surface area contributed by atoms with Crippen molar-refractivity contribution in [2.45, 2.75) is 17.5 Å². The predicted octanol–water partition coefficient (Wildman–Crippen LogP) is -1.09. The molecule has 1 aromatic heterocycles. The summed E-state index contributed by atoms with van der Waals surface area (Å²) in [5.74, 6) is -1.11. The molecule has 1 unspecified atom stereocenters. The van der Waals surface area contributed by atoms with E-state index < -0.39 is 28.6 Å². The number of nitrogens with one attached hydrogen (secondary N) is 1. The fourth-order valence-corrected chi connectivity index (χ4v) is 2.41. The third-order valence-corrected chi connectivity index (χ3v) is 3.78. The highest BCUT2D eigenvalue weighted by Crippen LogP contribution is 2.07. The van der Waals surface area contributed by atoms with Gasteiger partial charge in [0.1, 0.15) is 11.4 Å². The zero-order valence-electron chi connectivity index (χ0n) is 11.1. The Bertz CT molecular complexity index is 541. The van der Waals surface area contributed by atoms with Gasteiger partial charge in [-0.25, -0.2) is 13.1 Å². The van der Waals surface area contributed by atoms with E-state index in [2.05, 4.69) is 9.82 Å². The summed E-state index contributed by atoms with van der Waals surface area (Å²) in [6.07, 6.45) is 1.82. The van der Waals surface area contributed by atoms with Gasteiger partial charge in [-0.3, -0.25) is 9.48 Å². The highest BCUT2D eigenvalue weighted by atomic mass is 32.2. The van der Waals surface area contributed by atoms with Gasteiger partial charge in [0.25, 0.3) is 0 Å². The zero-order valence-corrected chi connectivity index (χ0v) is 12.0. The summed E-state index contributed by atoms with van der Waals surface area (Å²) >= 11 is 0. The molecule has 0 saturated carbocycles. The summed E-state index contributed by atoms with van der Waals surface area (Å²) in [5.41, 5.74) is 0. The Kier molecular flexibility index (Phi) is 6.07. The summed E-state index contributed by atoms with van der Waals surface area (Å²) in [5, 5.41) is 12.3. The highest BCUT2D eigenvalue weighted by molar-refractivity contribution is 7.89. The van der Waals surface area contributed by atoms with Gasteiger partial charge in [0.05, 0.1) is 18.9 Å². The van der Waals surface area contributed by atoms with Crippen molar-refractivity contribution in [3.8, 4) is 0 Å². The first-order valence-electron chi connectivity index (χ1n) is 5.64. The first-order chi connectivity index (χ1) is 9.39. The largest absolute Gasteiger partial charge is 0.480 e. The Morgan fingerprint density at radius 2 is 2.25 bits per heavy atom. The molecule has 0 bridgehead atoms. The minimum Gasteiger partial charge on any atom is -0.480 e. The van der Waals surface area contributed by atoms with Gasteiger partial charge in [0, 0.05) is 27.0 Å². The predicted molar refractivity (Wildman–Crippen MR) is 67.7 cm³/mol. The van der Waals surface area contributed by atoms with E-state index in [1.807, 2.05) is 0 Å². The monoisotopic (exact) mass is 307 g/mol. The number of carboxylic acids is 1. The van der Waals surface area contributed by atoms with E-state index in [1.54, 1.807) is 0 Å². The zero-order chi connectivity index (χ0) is 15.2. The summed E-state index contributed by atoms with van der Waals surface area (Å²) < 4.78 is 37.2. The number of aromatic nitrogens is 2. The van der Waals surface area contributed by atoms with Crippen LogP contribution in [0.2, 0.25) is 0 Å². The SMILES string of the molecule is COCC(CNS(=O)(=O)c1cnn(CC(=O)O)c1)OC. The van der Waals surface area contributed by atoms with Crippen molar-refractivity contribution in [1.82, 2.24) is 14.5 Å². The van der Waals surface area contributed by atoms with Crippen molar-refractivity contribution in [2.75, 3.05) is 27.4 Å². The molecule has 1 aromatic rings. The Balaban J connectivity index is 2.68. The maximum absolute atomic E-state index is 11.9. The first kappa shape index (κ1) is 16.6. The van der Waals surface area contributed by atoms with Crippen molar-refractivity contribution in [3.63, 3.8) is 0 Å². The molecule has 0 aromatic carbocycles. The van der Waals surface area contributed by atoms with Gasteiger partial charge in [0.2, 0.25) is 10.0 Å². The van der Waals surface area contributed by atoms with E-state index in [4.69, 9.17) is 14.6 Å². The van der Waals surface area contributed by atoms with Crippen molar-refractivity contribution >= 4 is 16.0 Å². The minimum absolute atomic E-state index is 0.0385. The second kappa shape index (κ2) is 7.33. The van der Waals surface area contributed by atoms with Crippen LogP contribution in [0, 0.1) is 0 Å². The third-order valence-electron chi connectivity index (χ3n) is 2.40. The van der Waals surface area contributed by atoms with Gasteiger partial charge < -0.3 is 14.6 Å². The molecular formula is C10H17N3O6S. The normalized spacial score (nSPS) is 13.3. The van der Waals surface area contributed by atoms with E-state index in [-0.39, 0.29) is 18.0 Å². The topological polar surface area (TPSA) is 120 Å². The number of nitrogens with zero attached hydrogens (tertiary/aromatic N) is 2. The number of hydrogen-bond acceptors (Lipinski definition) is 6. The molecule has 114 valence electrons. The van der Waals surface area contributed by atoms with Crippen LogP contribution in [-0.4, -0.2) is 62.7 Å². The standard InChI is InChI=1S/C10H17N3O6S/c1-18-7-8(19-2)3-12-20(16,17)9-4-11-13(5-9)6-10(14)15/h4-5,8,12H,3,6-7H2,1-2H3,(H,14,15). The van der Waals surface area contributed by atoms with E-state index in [9.17, 15) is 13.2 Å². The molecule has 0 aliphatic heterocycles. The van der Waals surface area contributed by atoms with E-state index in [1.165, 1.54) is 14.2 Å². The number of carboxylic acid groups (broad SMARTS) is 1. The first-order valence-corrected chi connectivity index (χ1v) is 7.13. The van der Waals surface area contributed by atoms with Gasteiger partial charge in [0.15, 0.2) is 0 Å². The van der Waals surface area contributed by atoms with E-state index in [0.717, 1.165) is 17.1 Å². The maximum atomic E-state index is 11.9. The lowest BCUT2D eigenvalue weighted by atomic mass is 10.4. The molecule has 0 amide bonds. The highest BCUT2D eigenvalue weighted by Gasteiger charge is 2.19. The molecule has 20 heavy (non-hydrogen) atoms. The van der Waals surface area contributed by atoms with Gasteiger partial charge in [-0.15, -0.1) is 0 Å². The quantitative estimate of drug-likeness (QED) is 0.594. The molecule has 1 atom stereocenters. The summed E-state index contributed by atoms with van der Waals surface area (Å²) in [6, 6.07) is 0. The van der Waals surface area contributed by atoms with Crippen molar-refractivity contribution < 1.29 is 27.8 Å². The number of methoxy groups -OCH3 is 2. The number of hydrogen-bond donors (Lipinski definition) is 2. The molecule has 0 saturated heterocycles. The summed E-state index contributed by atoms with van der Waals surface area (Å²) in [7, 11) is -0.831. The molecule has 0 fully saturated rings. The van der Waals surface area contributed by atoms with Crippen LogP contribution in [0.4, 0.5) is 0 Å². The number of aliphatic carboxylic acids is 1. The smallest absolute Gasteiger partial charge is 0.325 e. The van der Waals surface area contributed by atoms with Crippen LogP contribution < -0.4 is 4.72 Å². The van der Waals surface area contributed by atoms with Crippen LogP contribution in [0.25, 0.3) is 0 Å². The lowest BCUT2D eigenvalue weighted by molar-refractivity contribution is -0.137. The fourth-order valence-electron chi connectivity index (χ4n) is 1.39. The van der Waals surface area contributed by atoms with E-state index >= 15 is 0 Å². The third kappa shape index (κ3) is 4.89. The van der Waals surface area contributed by atoms with Crippen molar-refractivity contribution in [1.29, 1.82) is 0 Å². The van der Waals surface area contributed by atoms with Crippen molar-refractivity contribution in [3.05, 3.63) is 12.4 Å². The molecule has 10 heteroatoms. The number of sulfonamides is 1. The molecule has 9 nitrogen and oxygen atoms in total. The van der Waals surface area contributed by atoms with Crippen LogP contribution in [0.3, 0.4) is 0 Å². The molecular weight excluding hydrogens is 290 g/mol. The van der Waals surface area contributed by atoms with Gasteiger partial charge in [-0.1, -0.05) is 0 Å². The van der Waals surface area contributed by atoms with Crippen LogP contribution in [-0.2, 0) is 30.8 Å². The van der Waals surface area contributed by atoms with Gasteiger partial charge in [-0.05, 0) is 0 Å². The maximum Gasteiger partial charge on any atom is 0.325 e. The molecule has 1 heterocycles. The van der Waals surface area contributed by atoms with Crippen LogP contribution >= 0.6 is 0 Å². The Morgan fingerprint density at radius 1 is 1.55 bits per heavy atom. The second-order valence-corrected chi connectivity index (χ2v) is 5.70. The second-order valence-electron chi connectivity index (χ2n) is 3.93. The Hall–Kier alpha value is -1.49. The molecule has 2 N–H and O–H groups in total. The molecule has 1 rings (SSSR count). The lowest BCUT2D eigenvalue weighted by Crippen LogP contribution is -2.35. The van der Waals surface area contributed by atoms with Crippen molar-refractivity contribution in [2.24, 2.45) is 0 Å². The van der Waals surface area contributed by atoms with Crippen LogP contribution in [0.15, 0.2) is 17.3 Å².